The van der Waals surface area contributed by atoms with Gasteiger partial charge in [0.05, 0.1) is 6.54 Å². The Morgan fingerprint density at radius 3 is 2.70 bits per heavy atom. The van der Waals surface area contributed by atoms with E-state index in [1.54, 1.807) is 0 Å². The molecule has 124 valence electrons. The van der Waals surface area contributed by atoms with Crippen LogP contribution in [0.5, 0.6) is 0 Å². The van der Waals surface area contributed by atoms with Crippen LogP contribution in [0.4, 0.5) is 0 Å². The Hall–Kier alpha value is -1.94. The van der Waals surface area contributed by atoms with Crippen molar-refractivity contribution in [2.24, 2.45) is 12.0 Å². The first-order valence-electron chi connectivity index (χ1n) is 7.87. The van der Waals surface area contributed by atoms with Crippen LogP contribution in [0.2, 0.25) is 5.02 Å². The summed E-state index contributed by atoms with van der Waals surface area (Å²) in [4.78, 5) is 6.49. The number of hydrogen-bond acceptors (Lipinski definition) is 1. The zero-order valence-electron chi connectivity index (χ0n) is 14.1. The number of rotatable bonds is 6. The van der Waals surface area contributed by atoms with Crippen LogP contribution in [0.1, 0.15) is 17.7 Å². The molecule has 0 aliphatic carbocycles. The fraction of sp³-hybridized carbons (Fsp3) is 0.389. The minimum atomic E-state index is 0.827. The van der Waals surface area contributed by atoms with Gasteiger partial charge in [0.25, 0.3) is 0 Å². The highest BCUT2D eigenvalue weighted by molar-refractivity contribution is 6.31. The number of nitrogens with one attached hydrogen (secondary N) is 1. The Kier molecular flexibility index (Phi) is 6.53. The number of halogens is 1. The summed E-state index contributed by atoms with van der Waals surface area (Å²) >= 11 is 6.18. The van der Waals surface area contributed by atoms with Gasteiger partial charge in [-0.2, -0.15) is 0 Å². The van der Waals surface area contributed by atoms with Crippen molar-refractivity contribution in [3.63, 3.8) is 0 Å². The number of aromatic nitrogens is 1. The van der Waals surface area contributed by atoms with Gasteiger partial charge in [-0.15, -0.1) is 0 Å². The maximum Gasteiger partial charge on any atom is 0.193 e. The lowest BCUT2D eigenvalue weighted by molar-refractivity contribution is 0.461. The van der Waals surface area contributed by atoms with Gasteiger partial charge in [-0.05, 0) is 36.6 Å². The Morgan fingerprint density at radius 1 is 1.26 bits per heavy atom. The van der Waals surface area contributed by atoms with Crippen LogP contribution in [0, 0.1) is 0 Å². The van der Waals surface area contributed by atoms with Crippen molar-refractivity contribution >= 4 is 17.6 Å². The zero-order valence-corrected chi connectivity index (χ0v) is 14.8. The van der Waals surface area contributed by atoms with E-state index in [-0.39, 0.29) is 0 Å². The molecule has 2 rings (SSSR count). The summed E-state index contributed by atoms with van der Waals surface area (Å²) in [6.07, 6.45) is 4.04. The van der Waals surface area contributed by atoms with E-state index in [2.05, 4.69) is 58.3 Å². The normalized spacial score (nSPS) is 11.6. The molecule has 0 fully saturated rings. The molecule has 5 heteroatoms. The fourth-order valence-corrected chi connectivity index (χ4v) is 2.77. The van der Waals surface area contributed by atoms with Crippen molar-refractivity contribution < 1.29 is 0 Å². The van der Waals surface area contributed by atoms with Crippen molar-refractivity contribution in [3.05, 3.63) is 58.9 Å². The van der Waals surface area contributed by atoms with Crippen LogP contribution in [-0.4, -0.2) is 36.1 Å². The number of aryl methyl sites for hydroxylation is 2. The molecule has 0 amide bonds. The first kappa shape index (κ1) is 17.4. The molecule has 0 unspecified atom stereocenters. The molecule has 0 saturated carbocycles. The van der Waals surface area contributed by atoms with Crippen molar-refractivity contribution in [3.8, 4) is 0 Å². The van der Waals surface area contributed by atoms with Crippen LogP contribution in [-0.2, 0) is 20.0 Å². The molecule has 0 spiro atoms. The second-order valence-electron chi connectivity index (χ2n) is 5.64. The molecule has 1 aromatic heterocycles. The highest BCUT2D eigenvalue weighted by atomic mass is 35.5. The molecule has 1 N–H and O–H groups in total. The SMILES string of the molecule is CN=C(NCCCc1ccccc1Cl)N(C)Cc1cccn1C. The van der Waals surface area contributed by atoms with E-state index in [0.29, 0.717) is 0 Å². The summed E-state index contributed by atoms with van der Waals surface area (Å²) < 4.78 is 2.13. The molecule has 0 radical (unpaired) electrons. The van der Waals surface area contributed by atoms with Crippen molar-refractivity contribution in [1.29, 1.82) is 0 Å². The lowest BCUT2D eigenvalue weighted by atomic mass is 10.1. The quantitative estimate of drug-likeness (QED) is 0.500. The van der Waals surface area contributed by atoms with Crippen LogP contribution in [0.3, 0.4) is 0 Å². The lowest BCUT2D eigenvalue weighted by Gasteiger charge is -2.22. The van der Waals surface area contributed by atoms with Gasteiger partial charge < -0.3 is 14.8 Å². The predicted octanol–water partition coefficient (Wildman–Crippen LogP) is 3.32. The second-order valence-corrected chi connectivity index (χ2v) is 6.04. The molecule has 0 saturated heterocycles. The molecule has 0 aliphatic rings. The zero-order chi connectivity index (χ0) is 16.7. The van der Waals surface area contributed by atoms with Crippen LogP contribution in [0.15, 0.2) is 47.6 Å². The smallest absolute Gasteiger partial charge is 0.193 e. The van der Waals surface area contributed by atoms with Gasteiger partial charge in [-0.1, -0.05) is 29.8 Å². The molecule has 0 bridgehead atoms. The number of hydrogen-bond donors (Lipinski definition) is 1. The van der Waals surface area contributed by atoms with Crippen LogP contribution in [0.25, 0.3) is 0 Å². The third kappa shape index (κ3) is 5.03. The van der Waals surface area contributed by atoms with Crippen molar-refractivity contribution in [2.45, 2.75) is 19.4 Å². The minimum Gasteiger partial charge on any atom is -0.356 e. The van der Waals surface area contributed by atoms with E-state index in [9.17, 15) is 0 Å². The Bertz CT molecular complexity index is 648. The monoisotopic (exact) mass is 332 g/mol. The number of nitrogens with zero attached hydrogens (tertiary/aromatic N) is 3. The summed E-state index contributed by atoms with van der Waals surface area (Å²) in [5.41, 5.74) is 2.45. The van der Waals surface area contributed by atoms with Gasteiger partial charge in [-0.3, -0.25) is 4.99 Å². The van der Waals surface area contributed by atoms with E-state index in [1.165, 1.54) is 11.3 Å². The molecule has 1 heterocycles. The van der Waals surface area contributed by atoms with E-state index < -0.39 is 0 Å². The molecule has 0 aliphatic heterocycles. The minimum absolute atomic E-state index is 0.827. The molecule has 4 nitrogen and oxygen atoms in total. The van der Waals surface area contributed by atoms with Gasteiger partial charge in [0, 0.05) is 44.6 Å². The summed E-state index contributed by atoms with van der Waals surface area (Å²) in [6, 6.07) is 12.2. The van der Waals surface area contributed by atoms with Gasteiger partial charge in [0.2, 0.25) is 0 Å². The average molecular weight is 333 g/mol. The summed E-state index contributed by atoms with van der Waals surface area (Å²) in [5, 5.41) is 4.26. The molecular weight excluding hydrogens is 308 g/mol. The van der Waals surface area contributed by atoms with Crippen LogP contribution < -0.4 is 5.32 Å². The van der Waals surface area contributed by atoms with E-state index in [0.717, 1.165) is 36.9 Å². The highest BCUT2D eigenvalue weighted by Gasteiger charge is 2.08. The van der Waals surface area contributed by atoms with E-state index in [1.807, 2.05) is 25.2 Å². The molecule has 0 atom stereocenters. The number of benzene rings is 1. The van der Waals surface area contributed by atoms with Crippen LogP contribution >= 0.6 is 11.6 Å². The second kappa shape index (κ2) is 8.63. The Labute approximate surface area is 143 Å². The molecular formula is C18H25ClN4. The summed E-state index contributed by atoms with van der Waals surface area (Å²) in [5.74, 6) is 0.908. The van der Waals surface area contributed by atoms with E-state index >= 15 is 0 Å². The molecule has 23 heavy (non-hydrogen) atoms. The third-order valence-electron chi connectivity index (χ3n) is 3.89. The number of aliphatic imine (C=N–C) groups is 1. The fourth-order valence-electron chi connectivity index (χ4n) is 2.54. The Balaban J connectivity index is 1.79. The maximum atomic E-state index is 6.18. The first-order valence-corrected chi connectivity index (χ1v) is 8.25. The van der Waals surface area contributed by atoms with E-state index in [4.69, 9.17) is 11.6 Å². The molecule has 1 aromatic carbocycles. The largest absolute Gasteiger partial charge is 0.356 e. The predicted molar refractivity (Wildman–Crippen MR) is 98.0 cm³/mol. The summed E-state index contributed by atoms with van der Waals surface area (Å²) in [7, 11) is 5.93. The maximum absolute atomic E-state index is 6.18. The molecule has 2 aromatic rings. The van der Waals surface area contributed by atoms with Gasteiger partial charge in [0.15, 0.2) is 5.96 Å². The average Bonchev–Trinajstić information content (AvgIpc) is 2.94. The van der Waals surface area contributed by atoms with Crippen molar-refractivity contribution in [1.82, 2.24) is 14.8 Å². The van der Waals surface area contributed by atoms with Gasteiger partial charge in [0.1, 0.15) is 0 Å². The highest BCUT2D eigenvalue weighted by Crippen LogP contribution is 2.16. The third-order valence-corrected chi connectivity index (χ3v) is 4.26. The number of guanidine groups is 1. The first-order chi connectivity index (χ1) is 11.1. The summed E-state index contributed by atoms with van der Waals surface area (Å²) in [6.45, 7) is 1.70. The standard InChI is InChI=1S/C18H25ClN4/c1-20-18(23(3)14-16-10-7-13-22(16)2)21-12-6-9-15-8-4-5-11-17(15)19/h4-5,7-8,10-11,13H,6,9,12,14H2,1-3H3,(H,20,21). The Morgan fingerprint density at radius 2 is 2.04 bits per heavy atom. The topological polar surface area (TPSA) is 32.6 Å². The van der Waals surface area contributed by atoms with Crippen molar-refractivity contribution in [2.75, 3.05) is 20.6 Å². The lowest BCUT2D eigenvalue weighted by Crippen LogP contribution is -2.39. The van der Waals surface area contributed by atoms with Gasteiger partial charge in [-0.25, -0.2) is 0 Å². The van der Waals surface area contributed by atoms with Gasteiger partial charge >= 0.3 is 0 Å².